The average molecular weight is 195 g/mol. The molecular formula is C9H13N3O2. The van der Waals surface area contributed by atoms with Crippen LogP contribution in [0.25, 0.3) is 0 Å². The Kier molecular flexibility index (Phi) is 4.00. The van der Waals surface area contributed by atoms with Gasteiger partial charge in [0.05, 0.1) is 24.8 Å². The summed E-state index contributed by atoms with van der Waals surface area (Å²) in [5.74, 6) is -0.307. The highest BCUT2D eigenvalue weighted by atomic mass is 16.5. The van der Waals surface area contributed by atoms with Gasteiger partial charge < -0.3 is 10.5 Å². The van der Waals surface area contributed by atoms with E-state index in [1.807, 2.05) is 0 Å². The molecule has 1 atom stereocenters. The molecular weight excluding hydrogens is 182 g/mol. The van der Waals surface area contributed by atoms with Crippen molar-refractivity contribution in [1.29, 1.82) is 0 Å². The maximum Gasteiger partial charge on any atom is 0.307 e. The molecule has 0 bridgehead atoms. The first-order valence-electron chi connectivity index (χ1n) is 4.41. The van der Waals surface area contributed by atoms with Crippen molar-refractivity contribution >= 4 is 5.97 Å². The van der Waals surface area contributed by atoms with Crippen LogP contribution >= 0.6 is 0 Å². The number of hydrogen-bond donors (Lipinski definition) is 1. The highest BCUT2D eigenvalue weighted by Gasteiger charge is 2.12. The molecule has 1 rings (SSSR count). The van der Waals surface area contributed by atoms with Gasteiger partial charge in [-0.1, -0.05) is 0 Å². The molecule has 0 aliphatic carbocycles. The zero-order chi connectivity index (χ0) is 10.4. The Bertz CT molecular complexity index is 289. The number of aromatic nitrogens is 2. The van der Waals surface area contributed by atoms with Gasteiger partial charge >= 0.3 is 5.97 Å². The fraction of sp³-hybridized carbons (Fsp3) is 0.444. The fourth-order valence-corrected chi connectivity index (χ4v) is 1.02. The molecule has 0 radical (unpaired) electrons. The van der Waals surface area contributed by atoms with E-state index in [1.54, 1.807) is 19.2 Å². The quantitative estimate of drug-likeness (QED) is 0.705. The number of ether oxygens (including phenoxy) is 1. The summed E-state index contributed by atoms with van der Waals surface area (Å²) in [5.41, 5.74) is 6.38. The SMILES string of the molecule is CCOC(=O)C[C@@H](N)c1ccncn1. The maximum absolute atomic E-state index is 11.1. The maximum atomic E-state index is 11.1. The van der Waals surface area contributed by atoms with Crippen LogP contribution < -0.4 is 5.73 Å². The fourth-order valence-electron chi connectivity index (χ4n) is 1.02. The van der Waals surface area contributed by atoms with Crippen molar-refractivity contribution in [3.8, 4) is 0 Å². The van der Waals surface area contributed by atoms with Crippen molar-refractivity contribution in [3.63, 3.8) is 0 Å². The zero-order valence-corrected chi connectivity index (χ0v) is 8.01. The number of nitrogens with two attached hydrogens (primary N) is 1. The molecule has 0 aromatic carbocycles. The lowest BCUT2D eigenvalue weighted by Crippen LogP contribution is -2.18. The Balaban J connectivity index is 2.50. The summed E-state index contributed by atoms with van der Waals surface area (Å²) in [7, 11) is 0. The van der Waals surface area contributed by atoms with E-state index in [9.17, 15) is 4.79 Å². The van der Waals surface area contributed by atoms with Gasteiger partial charge in [-0.15, -0.1) is 0 Å². The molecule has 1 aromatic rings. The third kappa shape index (κ3) is 3.10. The lowest BCUT2D eigenvalue weighted by molar-refractivity contribution is -0.143. The number of hydrogen-bond acceptors (Lipinski definition) is 5. The number of carbonyl (C=O) groups is 1. The van der Waals surface area contributed by atoms with Gasteiger partial charge in [-0.05, 0) is 13.0 Å². The second kappa shape index (κ2) is 5.29. The average Bonchev–Trinajstić information content (AvgIpc) is 2.19. The van der Waals surface area contributed by atoms with Crippen molar-refractivity contribution in [2.24, 2.45) is 5.73 Å². The first kappa shape index (κ1) is 10.6. The van der Waals surface area contributed by atoms with Gasteiger partial charge in [-0.25, -0.2) is 9.97 Å². The van der Waals surface area contributed by atoms with Crippen LogP contribution in [0.5, 0.6) is 0 Å². The first-order valence-corrected chi connectivity index (χ1v) is 4.41. The number of carbonyl (C=O) groups excluding carboxylic acids is 1. The van der Waals surface area contributed by atoms with Crippen molar-refractivity contribution in [2.45, 2.75) is 19.4 Å². The number of nitrogens with zero attached hydrogens (tertiary/aromatic N) is 2. The Morgan fingerprint density at radius 3 is 3.07 bits per heavy atom. The molecule has 1 aromatic heterocycles. The first-order chi connectivity index (χ1) is 6.74. The summed E-state index contributed by atoms with van der Waals surface area (Å²) in [6.07, 6.45) is 3.14. The van der Waals surface area contributed by atoms with Crippen LogP contribution in [0, 0.1) is 0 Å². The van der Waals surface area contributed by atoms with Crippen LogP contribution in [0.4, 0.5) is 0 Å². The topological polar surface area (TPSA) is 78.1 Å². The van der Waals surface area contributed by atoms with E-state index in [2.05, 4.69) is 9.97 Å². The molecule has 0 amide bonds. The van der Waals surface area contributed by atoms with Gasteiger partial charge in [0.15, 0.2) is 0 Å². The number of esters is 1. The van der Waals surface area contributed by atoms with E-state index >= 15 is 0 Å². The van der Waals surface area contributed by atoms with E-state index in [-0.39, 0.29) is 12.4 Å². The van der Waals surface area contributed by atoms with Gasteiger partial charge in [0.1, 0.15) is 6.33 Å². The molecule has 0 aliphatic rings. The van der Waals surface area contributed by atoms with Crippen LogP contribution in [0.15, 0.2) is 18.6 Å². The Labute approximate surface area is 82.3 Å². The molecule has 1 heterocycles. The number of rotatable bonds is 4. The lowest BCUT2D eigenvalue weighted by Gasteiger charge is -2.09. The van der Waals surface area contributed by atoms with Crippen molar-refractivity contribution < 1.29 is 9.53 Å². The summed E-state index contributed by atoms with van der Waals surface area (Å²) in [6, 6.07) is 1.27. The Morgan fingerprint density at radius 1 is 1.71 bits per heavy atom. The zero-order valence-electron chi connectivity index (χ0n) is 8.01. The highest BCUT2D eigenvalue weighted by Crippen LogP contribution is 2.10. The molecule has 0 spiro atoms. The van der Waals surface area contributed by atoms with Crippen LogP contribution in [0.3, 0.4) is 0 Å². The minimum absolute atomic E-state index is 0.144. The van der Waals surface area contributed by atoms with Crippen molar-refractivity contribution in [2.75, 3.05) is 6.61 Å². The summed E-state index contributed by atoms with van der Waals surface area (Å²) in [6.45, 7) is 2.13. The molecule has 14 heavy (non-hydrogen) atoms. The lowest BCUT2D eigenvalue weighted by atomic mass is 10.1. The Morgan fingerprint density at radius 2 is 2.50 bits per heavy atom. The predicted molar refractivity (Wildman–Crippen MR) is 50.2 cm³/mol. The molecule has 0 aliphatic heterocycles. The molecule has 76 valence electrons. The van der Waals surface area contributed by atoms with E-state index < -0.39 is 6.04 Å². The second-order valence-corrected chi connectivity index (χ2v) is 2.75. The molecule has 0 saturated heterocycles. The summed E-state index contributed by atoms with van der Waals surface area (Å²) in [5, 5.41) is 0. The van der Waals surface area contributed by atoms with E-state index in [4.69, 9.17) is 10.5 Å². The third-order valence-corrected chi connectivity index (χ3v) is 1.68. The molecule has 2 N–H and O–H groups in total. The normalized spacial score (nSPS) is 12.1. The second-order valence-electron chi connectivity index (χ2n) is 2.75. The summed E-state index contributed by atoms with van der Waals surface area (Å²) < 4.78 is 4.77. The van der Waals surface area contributed by atoms with Crippen LogP contribution in [-0.2, 0) is 9.53 Å². The summed E-state index contributed by atoms with van der Waals surface area (Å²) >= 11 is 0. The van der Waals surface area contributed by atoms with Crippen molar-refractivity contribution in [1.82, 2.24) is 9.97 Å². The molecule has 0 fully saturated rings. The predicted octanol–water partition coefficient (Wildman–Crippen LogP) is 0.430. The highest BCUT2D eigenvalue weighted by molar-refractivity contribution is 5.70. The van der Waals surface area contributed by atoms with Gasteiger partial charge in [0, 0.05) is 6.20 Å². The largest absolute Gasteiger partial charge is 0.466 e. The van der Waals surface area contributed by atoms with Crippen LogP contribution in [-0.4, -0.2) is 22.5 Å². The van der Waals surface area contributed by atoms with Crippen LogP contribution in [0.2, 0.25) is 0 Å². The standard InChI is InChI=1S/C9H13N3O2/c1-2-14-9(13)5-7(10)8-3-4-11-6-12-8/h3-4,6-7H,2,5,10H2,1H3/t7-/m1/s1. The van der Waals surface area contributed by atoms with Crippen molar-refractivity contribution in [3.05, 3.63) is 24.3 Å². The van der Waals surface area contributed by atoms with Gasteiger partial charge in [0.25, 0.3) is 0 Å². The molecule has 0 saturated carbocycles. The molecule has 5 nitrogen and oxygen atoms in total. The van der Waals surface area contributed by atoms with E-state index in [0.717, 1.165) is 0 Å². The van der Waals surface area contributed by atoms with Gasteiger partial charge in [-0.2, -0.15) is 0 Å². The third-order valence-electron chi connectivity index (χ3n) is 1.68. The Hall–Kier alpha value is -1.49. The monoisotopic (exact) mass is 195 g/mol. The molecule has 5 heteroatoms. The van der Waals surface area contributed by atoms with E-state index in [1.165, 1.54) is 6.33 Å². The van der Waals surface area contributed by atoms with Gasteiger partial charge in [0.2, 0.25) is 0 Å². The minimum Gasteiger partial charge on any atom is -0.466 e. The molecule has 0 unspecified atom stereocenters. The van der Waals surface area contributed by atoms with Crippen LogP contribution in [0.1, 0.15) is 25.1 Å². The van der Waals surface area contributed by atoms with E-state index in [0.29, 0.717) is 12.3 Å². The van der Waals surface area contributed by atoms with Gasteiger partial charge in [-0.3, -0.25) is 4.79 Å². The smallest absolute Gasteiger partial charge is 0.307 e. The minimum atomic E-state index is -0.419. The summed E-state index contributed by atoms with van der Waals surface area (Å²) in [4.78, 5) is 18.8.